The lowest BCUT2D eigenvalue weighted by molar-refractivity contribution is -0.533. The van der Waals surface area contributed by atoms with Crippen LogP contribution >= 0.6 is 0 Å². The van der Waals surface area contributed by atoms with E-state index in [1.54, 1.807) is 0 Å². The quantitative estimate of drug-likeness (QED) is 0.0658. The molecule has 0 aliphatic rings. The molecule has 0 aliphatic heterocycles. The average Bonchev–Trinajstić information content (AvgIpc) is 2.97. The van der Waals surface area contributed by atoms with E-state index in [1.165, 1.54) is 18.9 Å². The Kier molecular flexibility index (Phi) is 17.9. The van der Waals surface area contributed by atoms with E-state index in [-0.39, 0.29) is 0 Å². The van der Waals surface area contributed by atoms with Crippen LogP contribution in [0, 0.1) is 0 Å². The maximum atomic E-state index is 13.6. The normalized spacial score (nSPS) is 18.7. The van der Waals surface area contributed by atoms with Gasteiger partial charge in [0.15, 0.2) is 0 Å². The average molecular weight is 1060 g/mol. The van der Waals surface area contributed by atoms with Crippen LogP contribution in [0.2, 0.25) is 0 Å². The van der Waals surface area contributed by atoms with Gasteiger partial charge in [-0.15, -0.1) is 0 Å². The first-order valence-corrected chi connectivity index (χ1v) is 14.6. The number of hydrogen-bond acceptors (Lipinski definition) is 12. The predicted molar refractivity (Wildman–Crippen MR) is 111 cm³/mol. The Hall–Kier alpha value is -3.24. The first-order valence-electron chi connectivity index (χ1n) is 11.8. The highest BCUT2D eigenvalue weighted by Gasteiger charge is 2.86. The minimum atomic E-state index is -8.09. The van der Waals surface area contributed by atoms with Gasteiger partial charge in [-0.05, 0) is 0 Å². The van der Waals surface area contributed by atoms with Gasteiger partial charge in [-0.25, -0.2) is 0 Å². The van der Waals surface area contributed by atoms with E-state index in [0.29, 0.717) is 0 Å². The minimum Gasteiger partial charge on any atom is -0.262 e. The summed E-state index contributed by atoms with van der Waals surface area (Å²) in [5.41, 5.74) is 0. The highest BCUT2D eigenvalue weighted by molar-refractivity contribution is 7.87. The van der Waals surface area contributed by atoms with Crippen molar-refractivity contribution in [3.63, 3.8) is 0 Å². The molecule has 0 aliphatic carbocycles. The Labute approximate surface area is 312 Å². The summed E-state index contributed by atoms with van der Waals surface area (Å²) in [6.45, 7) is 0. The number of rotatable bonds is 16. The molecule has 0 rings (SSSR count). The molecule has 374 valence electrons. The first-order chi connectivity index (χ1) is 26.2. The molecule has 0 amide bonds. The Balaban J connectivity index is -0.00000108. The van der Waals surface area contributed by atoms with Gasteiger partial charge in [-0.2, -0.15) is 149 Å². The molecule has 0 heterocycles. The van der Waals surface area contributed by atoms with Gasteiger partial charge in [0.25, 0.3) is 0 Å². The van der Waals surface area contributed by atoms with Crippen molar-refractivity contribution in [3.05, 3.63) is 0 Å². The van der Waals surface area contributed by atoms with E-state index in [4.69, 9.17) is 10.5 Å². The van der Waals surface area contributed by atoms with Gasteiger partial charge in [0.2, 0.25) is 0 Å². The van der Waals surface area contributed by atoms with Crippen LogP contribution in [0.3, 0.4) is 0 Å². The summed E-state index contributed by atoms with van der Waals surface area (Å²) in [6, 6.07) is -9.52. The lowest BCUT2D eigenvalue weighted by Gasteiger charge is -2.38. The van der Waals surface area contributed by atoms with Gasteiger partial charge in [-0.1, -0.05) is 7.77 Å². The minimum absolute atomic E-state index is 1.25. The van der Waals surface area contributed by atoms with Crippen LogP contribution in [0.4, 0.5) is 139 Å². The molecule has 2 N–H and O–H groups in total. The molecule has 0 aromatic carbocycles. The second-order valence-electron chi connectivity index (χ2n) is 9.30. The third kappa shape index (κ3) is 11.7. The second-order valence-corrected chi connectivity index (χ2v) is 12.1. The molecule has 0 spiro atoms. The SMILES string of the molecule is O=C(F)C(F)(OC(F)(F)C(F)(OC(F)(F)C(F)(F)S(=O)(=O)F)C(F)(F)F)C(F)(F)F.O=C(F)C(F)(OC(F)(F)C(F)(OC(F)(F)C(F)(F)S(=O)(=O)F)C(F)(F)F)C(F)(F)F.OO. The third-order valence-electron chi connectivity index (χ3n) is 5.08. The van der Waals surface area contributed by atoms with Crippen molar-refractivity contribution in [2.45, 2.75) is 83.1 Å². The van der Waals surface area contributed by atoms with Crippen LogP contribution in [-0.4, -0.2) is 122 Å². The Morgan fingerprint density at radius 1 is 0.339 bits per heavy atom. The highest BCUT2D eigenvalue weighted by atomic mass is 32.3. The maximum Gasteiger partial charge on any atom is 0.464 e. The van der Waals surface area contributed by atoms with Crippen molar-refractivity contribution >= 4 is 32.5 Å². The fourth-order valence-corrected chi connectivity index (χ4v) is 2.87. The largest absolute Gasteiger partial charge is 0.464 e. The van der Waals surface area contributed by atoms with Crippen molar-refractivity contribution in [1.82, 2.24) is 0 Å². The molecular weight excluding hydrogens is 1060 g/mol. The van der Waals surface area contributed by atoms with Gasteiger partial charge in [0.1, 0.15) is 0 Å². The smallest absolute Gasteiger partial charge is 0.262 e. The molecule has 12 nitrogen and oxygen atoms in total. The lowest BCUT2D eigenvalue weighted by atomic mass is 10.2. The number of hydrogen-bond donors (Lipinski definition) is 2. The molecule has 0 saturated carbocycles. The van der Waals surface area contributed by atoms with E-state index in [2.05, 4.69) is 0 Å². The van der Waals surface area contributed by atoms with Gasteiger partial charge >= 0.3 is 116 Å². The molecule has 0 aromatic rings. The van der Waals surface area contributed by atoms with Crippen LogP contribution in [0.25, 0.3) is 0 Å². The molecule has 0 saturated heterocycles. The van der Waals surface area contributed by atoms with Gasteiger partial charge < -0.3 is 0 Å². The maximum absolute atomic E-state index is 13.6. The standard InChI is InChI=1S/2C8F16O5S.H2O2/c2*9-1(25)2(10,4(12,13)14)28-6(18,19)3(11,5(15,16)17)29-7(20,21)8(22,23)30(24,26)27;1-2/h;;1-2H. The number of carbonyl (C=O) groups excluding carboxylic acids is 2. The van der Waals surface area contributed by atoms with Gasteiger partial charge in [-0.3, -0.25) is 39.1 Å². The Morgan fingerprint density at radius 3 is 0.629 bits per heavy atom. The molecular formula is C16H2F32O12S2. The van der Waals surface area contributed by atoms with E-state index in [9.17, 15) is 166 Å². The fraction of sp³-hybridized carbons (Fsp3) is 0.875. The zero-order valence-electron chi connectivity index (χ0n) is 25.9. The molecule has 0 aromatic heterocycles. The van der Waals surface area contributed by atoms with Crippen molar-refractivity contribution in [3.8, 4) is 0 Å². The van der Waals surface area contributed by atoms with E-state index >= 15 is 0 Å². The van der Waals surface area contributed by atoms with Crippen molar-refractivity contribution < 1.29 is 195 Å². The molecule has 4 atom stereocenters. The van der Waals surface area contributed by atoms with Crippen LogP contribution in [0.15, 0.2) is 0 Å². The first kappa shape index (κ1) is 63.1. The second kappa shape index (κ2) is 17.6. The summed E-state index contributed by atoms with van der Waals surface area (Å²) < 4.78 is 449. The molecule has 46 heteroatoms. The number of ether oxygens (including phenoxy) is 4. The third-order valence-corrected chi connectivity index (χ3v) is 6.78. The van der Waals surface area contributed by atoms with E-state index in [1.807, 2.05) is 0 Å². The lowest BCUT2D eigenvalue weighted by Crippen LogP contribution is -2.67. The summed E-state index contributed by atoms with van der Waals surface area (Å²) in [7, 11) is -16.2. The van der Waals surface area contributed by atoms with Crippen molar-refractivity contribution in [1.29, 1.82) is 0 Å². The molecule has 4 unspecified atom stereocenters. The summed E-state index contributed by atoms with van der Waals surface area (Å²) in [4.78, 5) is 19.8. The topological polar surface area (TPSA) is 180 Å². The summed E-state index contributed by atoms with van der Waals surface area (Å²) in [6.07, 6.45) is -62.3. The number of halogens is 32. The van der Waals surface area contributed by atoms with Gasteiger partial charge in [0, 0.05) is 0 Å². The van der Waals surface area contributed by atoms with Crippen molar-refractivity contribution in [2.24, 2.45) is 0 Å². The monoisotopic (exact) mass is 1060 g/mol. The van der Waals surface area contributed by atoms with Crippen LogP contribution in [0.5, 0.6) is 0 Å². The molecule has 62 heavy (non-hydrogen) atoms. The predicted octanol–water partition coefficient (Wildman–Crippen LogP) is 8.12. The number of carbonyl (C=O) groups is 2. The summed E-state index contributed by atoms with van der Waals surface area (Å²) in [5.74, 6) is -30.6. The van der Waals surface area contributed by atoms with Crippen LogP contribution < -0.4 is 0 Å². The van der Waals surface area contributed by atoms with E-state index in [0.717, 1.165) is 0 Å². The van der Waals surface area contributed by atoms with Crippen LogP contribution in [0.1, 0.15) is 0 Å². The molecule has 0 radical (unpaired) electrons. The van der Waals surface area contributed by atoms with Gasteiger partial charge in [0.05, 0.1) is 0 Å². The number of alkyl halides is 28. The molecule has 0 fully saturated rings. The fourth-order valence-electron chi connectivity index (χ4n) is 2.22. The zero-order valence-corrected chi connectivity index (χ0v) is 27.5. The van der Waals surface area contributed by atoms with Crippen LogP contribution in [-0.2, 0) is 49.0 Å². The highest BCUT2D eigenvalue weighted by Crippen LogP contribution is 2.57. The zero-order chi connectivity index (χ0) is 52.0. The molecule has 0 bridgehead atoms. The Morgan fingerprint density at radius 2 is 0.516 bits per heavy atom. The summed E-state index contributed by atoms with van der Waals surface area (Å²) >= 11 is 0. The van der Waals surface area contributed by atoms with E-state index < -0.39 is 116 Å². The summed E-state index contributed by atoms with van der Waals surface area (Å²) in [5, 5.41) is -3.21. The Bertz CT molecular complexity index is 1670. The van der Waals surface area contributed by atoms with Crippen molar-refractivity contribution in [2.75, 3.05) is 0 Å².